The van der Waals surface area contributed by atoms with E-state index in [9.17, 15) is 4.79 Å². The molecule has 1 aromatic carbocycles. The number of thiazole rings is 1. The van der Waals surface area contributed by atoms with Gasteiger partial charge < -0.3 is 10.5 Å². The van der Waals surface area contributed by atoms with Crippen molar-refractivity contribution in [3.05, 3.63) is 48.2 Å². The van der Waals surface area contributed by atoms with Crippen LogP contribution in [0.3, 0.4) is 0 Å². The van der Waals surface area contributed by atoms with Crippen molar-refractivity contribution in [2.45, 2.75) is 50.7 Å². The van der Waals surface area contributed by atoms with Crippen molar-refractivity contribution in [1.29, 1.82) is 0 Å². The van der Waals surface area contributed by atoms with Gasteiger partial charge in [-0.1, -0.05) is 23.5 Å². The van der Waals surface area contributed by atoms with Gasteiger partial charge in [-0.05, 0) is 61.4 Å². The van der Waals surface area contributed by atoms with Crippen LogP contribution in [0.25, 0.3) is 10.3 Å². The zero-order valence-electron chi connectivity index (χ0n) is 16.2. The third-order valence-electron chi connectivity index (χ3n) is 6.11. The maximum Gasteiger partial charge on any atom is 0.281 e. The van der Waals surface area contributed by atoms with E-state index in [1.165, 1.54) is 29.7 Å². The molecule has 5 rings (SSSR count). The van der Waals surface area contributed by atoms with Gasteiger partial charge in [0, 0.05) is 31.2 Å². The lowest BCUT2D eigenvalue weighted by atomic mass is 9.87. The Balaban J connectivity index is 1.22. The molecule has 0 radical (unpaired) electrons. The van der Waals surface area contributed by atoms with E-state index in [1.54, 1.807) is 6.20 Å². The van der Waals surface area contributed by atoms with E-state index in [1.807, 2.05) is 24.3 Å². The van der Waals surface area contributed by atoms with E-state index in [0.29, 0.717) is 29.6 Å². The number of carbonyl (C=O) groups excluding carboxylic acids is 1. The molecular formula is C22H24N4O2S. The normalized spacial score (nSPS) is 24.1. The van der Waals surface area contributed by atoms with Crippen LogP contribution in [0.15, 0.2) is 42.6 Å². The third kappa shape index (κ3) is 3.97. The summed E-state index contributed by atoms with van der Waals surface area (Å²) in [4.78, 5) is 22.6. The fraction of sp³-hybridized carbons (Fsp3) is 0.409. The number of rotatable bonds is 6. The number of pyridine rings is 1. The molecule has 0 spiro atoms. The van der Waals surface area contributed by atoms with Crippen LogP contribution in [0.2, 0.25) is 0 Å². The number of amides is 1. The summed E-state index contributed by atoms with van der Waals surface area (Å²) in [5.41, 5.74) is 7.42. The van der Waals surface area contributed by atoms with E-state index in [2.05, 4.69) is 27.0 Å². The van der Waals surface area contributed by atoms with Gasteiger partial charge in [-0.3, -0.25) is 9.69 Å². The van der Waals surface area contributed by atoms with Gasteiger partial charge in [0.1, 0.15) is 5.75 Å². The average molecular weight is 409 g/mol. The standard InChI is InChI=1S/C22H24N4O2S/c23-20(27)12-15-10-16-5-6-17(11-15)26(16)13-14-3-7-18(8-4-14)28-22-25-21-19(29-22)2-1-9-24-21/h1-4,7-9,15-17H,5-6,10-13H2,(H2,23,27)/t15?,16-,17+. The second-order valence-corrected chi connectivity index (χ2v) is 9.11. The topological polar surface area (TPSA) is 81.3 Å². The zero-order chi connectivity index (χ0) is 19.8. The molecule has 150 valence electrons. The quantitative estimate of drug-likeness (QED) is 0.664. The molecule has 3 atom stereocenters. The minimum atomic E-state index is -0.164. The summed E-state index contributed by atoms with van der Waals surface area (Å²) >= 11 is 1.50. The van der Waals surface area contributed by atoms with Crippen LogP contribution < -0.4 is 10.5 Å². The summed E-state index contributed by atoms with van der Waals surface area (Å²) in [7, 11) is 0. The van der Waals surface area contributed by atoms with Gasteiger partial charge in [0.05, 0.1) is 4.70 Å². The number of piperidine rings is 1. The summed E-state index contributed by atoms with van der Waals surface area (Å²) in [5.74, 6) is 1.08. The molecule has 7 heteroatoms. The van der Waals surface area contributed by atoms with Crippen LogP contribution in [0.1, 0.15) is 37.7 Å². The maximum atomic E-state index is 11.3. The van der Waals surface area contributed by atoms with Gasteiger partial charge in [-0.15, -0.1) is 0 Å². The van der Waals surface area contributed by atoms with Gasteiger partial charge in [-0.25, -0.2) is 4.98 Å². The summed E-state index contributed by atoms with van der Waals surface area (Å²) < 4.78 is 6.95. The second-order valence-electron chi connectivity index (χ2n) is 8.12. The first-order valence-corrected chi connectivity index (χ1v) is 11.0. The van der Waals surface area contributed by atoms with E-state index >= 15 is 0 Å². The molecule has 2 fully saturated rings. The predicted molar refractivity (Wildman–Crippen MR) is 113 cm³/mol. The molecule has 2 aliphatic rings. The number of benzene rings is 1. The summed E-state index contributed by atoms with van der Waals surface area (Å²) in [6, 6.07) is 13.3. The number of primary amides is 1. The van der Waals surface area contributed by atoms with Gasteiger partial charge in [0.2, 0.25) is 5.91 Å². The highest BCUT2D eigenvalue weighted by Crippen LogP contribution is 2.40. The van der Waals surface area contributed by atoms with E-state index in [-0.39, 0.29) is 5.91 Å². The molecule has 6 nitrogen and oxygen atoms in total. The lowest BCUT2D eigenvalue weighted by Gasteiger charge is -2.38. The van der Waals surface area contributed by atoms with Gasteiger partial charge in [0.15, 0.2) is 5.65 Å². The van der Waals surface area contributed by atoms with Crippen molar-refractivity contribution in [2.24, 2.45) is 11.7 Å². The number of carbonyl (C=O) groups is 1. The molecule has 1 amide bonds. The fourth-order valence-corrected chi connectivity index (χ4v) is 5.66. The minimum Gasteiger partial charge on any atom is -0.431 e. The van der Waals surface area contributed by atoms with Crippen LogP contribution in [0.5, 0.6) is 10.9 Å². The molecule has 3 aromatic rings. The number of hydrogen-bond acceptors (Lipinski definition) is 6. The van der Waals surface area contributed by atoms with Crippen LogP contribution >= 0.6 is 11.3 Å². The Labute approximate surface area is 173 Å². The first-order valence-electron chi connectivity index (χ1n) is 10.2. The lowest BCUT2D eigenvalue weighted by Crippen LogP contribution is -2.43. The van der Waals surface area contributed by atoms with Crippen molar-refractivity contribution in [3.8, 4) is 10.9 Å². The van der Waals surface area contributed by atoms with Crippen molar-refractivity contribution in [1.82, 2.24) is 14.9 Å². The highest BCUT2D eigenvalue weighted by Gasteiger charge is 2.40. The first kappa shape index (κ1) is 18.5. The smallest absolute Gasteiger partial charge is 0.281 e. The molecule has 2 saturated heterocycles. The Hall–Kier alpha value is -2.51. The van der Waals surface area contributed by atoms with E-state index in [4.69, 9.17) is 10.5 Å². The maximum absolute atomic E-state index is 11.3. The fourth-order valence-electron chi connectivity index (χ4n) is 4.86. The van der Waals surface area contributed by atoms with Crippen molar-refractivity contribution >= 4 is 27.6 Å². The van der Waals surface area contributed by atoms with Crippen molar-refractivity contribution < 1.29 is 9.53 Å². The van der Waals surface area contributed by atoms with Crippen LogP contribution in [-0.2, 0) is 11.3 Å². The molecule has 2 aromatic heterocycles. The van der Waals surface area contributed by atoms with Crippen molar-refractivity contribution in [2.75, 3.05) is 0 Å². The SMILES string of the molecule is NC(=O)CC1C[C@H]2CC[C@@H](C1)N2Cc1ccc(Oc2nc3ncccc3s2)cc1. The average Bonchev–Trinajstić information content (AvgIpc) is 3.20. The highest BCUT2D eigenvalue weighted by molar-refractivity contribution is 7.20. The molecule has 2 bridgehead atoms. The Morgan fingerprint density at radius 1 is 1.17 bits per heavy atom. The molecular weight excluding hydrogens is 384 g/mol. The van der Waals surface area contributed by atoms with Gasteiger partial charge in [-0.2, -0.15) is 4.98 Å². The van der Waals surface area contributed by atoms with Crippen LogP contribution in [0, 0.1) is 5.92 Å². The Morgan fingerprint density at radius 2 is 1.93 bits per heavy atom. The predicted octanol–water partition coefficient (Wildman–Crippen LogP) is 4.10. The molecule has 29 heavy (non-hydrogen) atoms. The second kappa shape index (κ2) is 7.72. The number of nitrogens with two attached hydrogens (primary N) is 1. The first-order chi connectivity index (χ1) is 14.1. The molecule has 4 heterocycles. The van der Waals surface area contributed by atoms with E-state index < -0.39 is 0 Å². The third-order valence-corrected chi connectivity index (χ3v) is 7.00. The lowest BCUT2D eigenvalue weighted by molar-refractivity contribution is -0.119. The highest BCUT2D eigenvalue weighted by atomic mass is 32.1. The van der Waals surface area contributed by atoms with Gasteiger partial charge >= 0.3 is 0 Å². The van der Waals surface area contributed by atoms with Crippen LogP contribution in [0.4, 0.5) is 0 Å². The zero-order valence-corrected chi connectivity index (χ0v) is 17.0. The number of fused-ring (bicyclic) bond motifs is 3. The molecule has 0 aliphatic carbocycles. The number of hydrogen-bond donors (Lipinski definition) is 1. The molecule has 2 aliphatic heterocycles. The molecule has 2 N–H and O–H groups in total. The summed E-state index contributed by atoms with van der Waals surface area (Å²) in [6.07, 6.45) is 6.91. The minimum absolute atomic E-state index is 0.164. The number of nitrogens with zero attached hydrogens (tertiary/aromatic N) is 3. The monoisotopic (exact) mass is 408 g/mol. The van der Waals surface area contributed by atoms with Crippen LogP contribution in [-0.4, -0.2) is 32.9 Å². The Morgan fingerprint density at radius 3 is 2.62 bits per heavy atom. The molecule has 1 unspecified atom stereocenters. The largest absolute Gasteiger partial charge is 0.431 e. The van der Waals surface area contributed by atoms with Gasteiger partial charge in [0.25, 0.3) is 5.19 Å². The summed E-state index contributed by atoms with van der Waals surface area (Å²) in [5, 5.41) is 0.612. The Kier molecular flexibility index (Phi) is 4.93. The number of aromatic nitrogens is 2. The molecule has 0 saturated carbocycles. The summed E-state index contributed by atoms with van der Waals surface area (Å²) in [6.45, 7) is 0.948. The van der Waals surface area contributed by atoms with Crippen molar-refractivity contribution in [3.63, 3.8) is 0 Å². The van der Waals surface area contributed by atoms with E-state index in [0.717, 1.165) is 35.5 Å². The number of ether oxygens (including phenoxy) is 1. The Bertz CT molecular complexity index is 972.